The molecule has 0 bridgehead atoms. The summed E-state index contributed by atoms with van der Waals surface area (Å²) in [5.74, 6) is -0.212. The Morgan fingerprint density at radius 2 is 2.58 bits per heavy atom. The Bertz CT molecular complexity index is 289. The maximum atomic E-state index is 10.7. The summed E-state index contributed by atoms with van der Waals surface area (Å²) in [5, 5.41) is 2.86. The maximum Gasteiger partial charge on any atom is 0.248 e. The number of thiazole rings is 1. The number of hydrogen-bond donors (Lipinski definition) is 1. The molecule has 0 aromatic carbocycles. The lowest BCUT2D eigenvalue weighted by molar-refractivity contribution is -0.114. The number of anilines is 1. The van der Waals surface area contributed by atoms with Crippen LogP contribution in [0.4, 0.5) is 5.13 Å². The molecule has 0 radical (unpaired) electrons. The minimum Gasteiger partial charge on any atom is -0.593 e. The van der Waals surface area contributed by atoms with Crippen LogP contribution >= 0.6 is 22.0 Å². The van der Waals surface area contributed by atoms with E-state index >= 15 is 0 Å². The Hall–Kier alpha value is -0.300. The van der Waals surface area contributed by atoms with E-state index in [2.05, 4.69) is 10.3 Å². The van der Waals surface area contributed by atoms with Gasteiger partial charge in [-0.25, -0.2) is 4.98 Å². The van der Waals surface area contributed by atoms with E-state index in [1.165, 1.54) is 13.1 Å². The lowest BCUT2D eigenvalue weighted by atomic mass is 10.7. The molecule has 1 aromatic rings. The highest BCUT2D eigenvalue weighted by molar-refractivity contribution is 8.15. The van der Waals surface area contributed by atoms with Crippen LogP contribution in [0.2, 0.25) is 0 Å². The average Bonchev–Trinajstić information content (AvgIpc) is 2.34. The van der Waals surface area contributed by atoms with Crippen LogP contribution in [0, 0.1) is 0 Å². The number of carbonyl (C=O) groups is 1. The highest BCUT2D eigenvalue weighted by Crippen LogP contribution is 2.25. The van der Waals surface area contributed by atoms with Crippen molar-refractivity contribution in [2.24, 2.45) is 0 Å². The van der Waals surface area contributed by atoms with Gasteiger partial charge in [0.1, 0.15) is 10.4 Å². The highest BCUT2D eigenvalue weighted by atomic mass is 35.7. The summed E-state index contributed by atoms with van der Waals surface area (Å²) in [5.41, 5.74) is 0. The van der Waals surface area contributed by atoms with Gasteiger partial charge in [-0.2, -0.15) is 0 Å². The molecule has 0 saturated heterocycles. The second-order valence-electron chi connectivity index (χ2n) is 1.89. The van der Waals surface area contributed by atoms with Gasteiger partial charge in [0.05, 0.1) is 6.20 Å². The molecule has 0 saturated carbocycles. The average molecular weight is 225 g/mol. The third-order valence-corrected chi connectivity index (χ3v) is 3.53. The molecule has 4 nitrogen and oxygen atoms in total. The van der Waals surface area contributed by atoms with Crippen molar-refractivity contribution in [1.29, 1.82) is 0 Å². The first-order valence-corrected chi connectivity index (χ1v) is 5.70. The number of nitrogens with one attached hydrogen (secondary N) is 1. The summed E-state index contributed by atoms with van der Waals surface area (Å²) in [6.07, 6.45) is 1.37. The summed E-state index contributed by atoms with van der Waals surface area (Å²) < 4.78 is 11.1. The van der Waals surface area contributed by atoms with E-state index in [0.29, 0.717) is 9.34 Å². The van der Waals surface area contributed by atoms with Crippen molar-refractivity contribution in [1.82, 2.24) is 4.98 Å². The van der Waals surface area contributed by atoms with Crippen molar-refractivity contribution >= 4 is 43.4 Å². The van der Waals surface area contributed by atoms with E-state index in [1.54, 1.807) is 0 Å². The molecule has 12 heavy (non-hydrogen) atoms. The number of carbonyl (C=O) groups excluding carboxylic acids is 1. The maximum absolute atomic E-state index is 10.7. The summed E-state index contributed by atoms with van der Waals surface area (Å²) in [4.78, 5) is 14.3. The van der Waals surface area contributed by atoms with Gasteiger partial charge in [0.25, 0.3) is 0 Å². The molecule has 1 aromatic heterocycles. The van der Waals surface area contributed by atoms with Gasteiger partial charge in [-0.15, -0.1) is 0 Å². The molecule has 1 amide bonds. The van der Waals surface area contributed by atoms with Crippen molar-refractivity contribution in [2.75, 3.05) is 5.32 Å². The Labute approximate surface area is 80.6 Å². The molecule has 66 valence electrons. The fourth-order valence-corrected chi connectivity index (χ4v) is 2.18. The number of halogens is 1. The normalized spacial score (nSPS) is 12.6. The summed E-state index contributed by atoms with van der Waals surface area (Å²) in [7, 11) is 3.74. The van der Waals surface area contributed by atoms with Gasteiger partial charge in [-0.3, -0.25) is 4.79 Å². The van der Waals surface area contributed by atoms with E-state index in [1.807, 2.05) is 0 Å². The quantitative estimate of drug-likeness (QED) is 0.772. The fourth-order valence-electron chi connectivity index (χ4n) is 0.542. The van der Waals surface area contributed by atoms with Gasteiger partial charge in [0.2, 0.25) is 10.1 Å². The SMILES string of the molecule is CC(=O)Nc1ncc([S+]([O-])Cl)s1. The Morgan fingerprint density at radius 3 is 3.00 bits per heavy atom. The van der Waals surface area contributed by atoms with E-state index < -0.39 is 10.4 Å². The first kappa shape index (κ1) is 9.79. The second-order valence-corrected chi connectivity index (χ2v) is 4.91. The predicted molar refractivity (Wildman–Crippen MR) is 48.7 cm³/mol. The zero-order valence-electron chi connectivity index (χ0n) is 6.04. The van der Waals surface area contributed by atoms with Crippen LogP contribution in [0.1, 0.15) is 6.92 Å². The molecule has 1 N–H and O–H groups in total. The molecule has 0 spiro atoms. The van der Waals surface area contributed by atoms with Crippen molar-refractivity contribution < 1.29 is 9.35 Å². The van der Waals surface area contributed by atoms with Crippen LogP contribution in [0.15, 0.2) is 10.4 Å². The molecular weight excluding hydrogens is 220 g/mol. The Morgan fingerprint density at radius 1 is 1.92 bits per heavy atom. The van der Waals surface area contributed by atoms with Gasteiger partial charge in [0.15, 0.2) is 15.8 Å². The third-order valence-electron chi connectivity index (χ3n) is 0.926. The molecular formula is C5H5ClN2O2S2. The van der Waals surface area contributed by atoms with Crippen molar-refractivity contribution in [3.63, 3.8) is 0 Å². The Balaban J connectivity index is 2.70. The first-order valence-electron chi connectivity index (χ1n) is 2.91. The third kappa shape index (κ3) is 2.63. The smallest absolute Gasteiger partial charge is 0.248 e. The number of nitrogens with zero attached hydrogens (tertiary/aromatic N) is 1. The molecule has 1 unspecified atom stereocenters. The van der Waals surface area contributed by atoms with Gasteiger partial charge in [0, 0.05) is 6.92 Å². The lowest BCUT2D eigenvalue weighted by Crippen LogP contribution is -2.04. The Kier molecular flexibility index (Phi) is 3.33. The molecule has 1 heterocycles. The lowest BCUT2D eigenvalue weighted by Gasteiger charge is -1.92. The number of rotatable bonds is 2. The topological polar surface area (TPSA) is 65.0 Å². The number of hydrogen-bond acceptors (Lipinski definition) is 4. The van der Waals surface area contributed by atoms with Crippen LogP contribution in [0.5, 0.6) is 0 Å². The molecule has 0 fully saturated rings. The van der Waals surface area contributed by atoms with Gasteiger partial charge >= 0.3 is 0 Å². The molecule has 1 atom stereocenters. The van der Waals surface area contributed by atoms with Crippen molar-refractivity contribution in [2.45, 2.75) is 11.1 Å². The van der Waals surface area contributed by atoms with Crippen LogP contribution in [0.3, 0.4) is 0 Å². The molecule has 0 aliphatic rings. The van der Waals surface area contributed by atoms with E-state index in [-0.39, 0.29) is 5.91 Å². The van der Waals surface area contributed by atoms with Gasteiger partial charge in [-0.1, -0.05) is 0 Å². The van der Waals surface area contributed by atoms with Crippen LogP contribution in [-0.4, -0.2) is 15.4 Å². The van der Waals surface area contributed by atoms with Crippen LogP contribution in [-0.2, 0) is 15.2 Å². The fraction of sp³-hybridized carbons (Fsp3) is 0.200. The molecule has 1 rings (SSSR count). The minimum atomic E-state index is -1.55. The monoisotopic (exact) mass is 224 g/mol. The largest absolute Gasteiger partial charge is 0.593 e. The van der Waals surface area contributed by atoms with E-state index in [4.69, 9.17) is 10.7 Å². The summed E-state index contributed by atoms with van der Waals surface area (Å²) in [6, 6.07) is 0. The van der Waals surface area contributed by atoms with Crippen molar-refractivity contribution in [3.05, 3.63) is 6.20 Å². The standard InChI is InChI=1S/C5H5ClN2O2S2/c1-3(9)8-5-7-2-4(11-5)12(6)10/h2H,1H3,(H,7,8,9). The summed E-state index contributed by atoms with van der Waals surface area (Å²) >= 11 is 1.09. The van der Waals surface area contributed by atoms with Gasteiger partial charge < -0.3 is 9.87 Å². The van der Waals surface area contributed by atoms with E-state index in [0.717, 1.165) is 11.3 Å². The first-order chi connectivity index (χ1) is 5.59. The predicted octanol–water partition coefficient (Wildman–Crippen LogP) is 1.36. The van der Waals surface area contributed by atoms with Crippen molar-refractivity contribution in [3.8, 4) is 0 Å². The van der Waals surface area contributed by atoms with E-state index in [9.17, 15) is 9.35 Å². The molecule has 7 heteroatoms. The number of amides is 1. The zero-order chi connectivity index (χ0) is 9.14. The highest BCUT2D eigenvalue weighted by Gasteiger charge is 2.13. The minimum absolute atomic E-state index is 0.212. The molecule has 0 aliphatic carbocycles. The van der Waals surface area contributed by atoms with Crippen LogP contribution < -0.4 is 5.32 Å². The summed E-state index contributed by atoms with van der Waals surface area (Å²) in [6.45, 7) is 1.37. The molecule has 0 aliphatic heterocycles. The van der Waals surface area contributed by atoms with Crippen LogP contribution in [0.25, 0.3) is 0 Å². The zero-order valence-corrected chi connectivity index (χ0v) is 8.42. The van der Waals surface area contributed by atoms with Gasteiger partial charge in [-0.05, 0) is 11.3 Å². The number of aromatic nitrogens is 1. The second kappa shape index (κ2) is 4.08.